The zero-order chi connectivity index (χ0) is 19.3. The first-order valence-corrected chi connectivity index (χ1v) is 7.69. The molecule has 0 bridgehead atoms. The van der Waals surface area contributed by atoms with E-state index >= 15 is 0 Å². The number of ether oxygens (including phenoxy) is 1. The lowest BCUT2D eigenvalue weighted by atomic mass is 10.2. The number of rotatable bonds is 4. The number of benzene rings is 2. The molecule has 3 aromatic rings. The molecule has 0 saturated carbocycles. The highest BCUT2D eigenvalue weighted by Crippen LogP contribution is 2.30. The number of hydrogen-bond donors (Lipinski definition) is 2. The number of halogens is 3. The lowest BCUT2D eigenvalue weighted by Gasteiger charge is -2.11. The van der Waals surface area contributed by atoms with Gasteiger partial charge < -0.3 is 15.4 Å². The fourth-order valence-electron chi connectivity index (χ4n) is 2.13. The second-order valence-corrected chi connectivity index (χ2v) is 5.33. The van der Waals surface area contributed by atoms with Gasteiger partial charge in [0.05, 0.1) is 5.56 Å². The van der Waals surface area contributed by atoms with Gasteiger partial charge in [0.25, 0.3) is 0 Å². The summed E-state index contributed by atoms with van der Waals surface area (Å²) in [6, 6.07) is 11.7. The number of amides is 2. The first-order valence-electron chi connectivity index (χ1n) is 7.69. The molecule has 2 amide bonds. The average Bonchev–Trinajstić information content (AvgIpc) is 2.64. The third kappa shape index (κ3) is 5.18. The van der Waals surface area contributed by atoms with Crippen molar-refractivity contribution >= 4 is 17.4 Å². The summed E-state index contributed by atoms with van der Waals surface area (Å²) in [5.74, 6) is 0.866. The number of carbonyl (C=O) groups excluding carboxylic acids is 1. The highest BCUT2D eigenvalue weighted by Gasteiger charge is 2.30. The van der Waals surface area contributed by atoms with Gasteiger partial charge in [0, 0.05) is 23.6 Å². The molecule has 2 N–H and O–H groups in total. The van der Waals surface area contributed by atoms with Crippen LogP contribution in [0.15, 0.2) is 67.1 Å². The Kier molecular flexibility index (Phi) is 5.20. The van der Waals surface area contributed by atoms with Crippen molar-refractivity contribution in [3.63, 3.8) is 0 Å². The van der Waals surface area contributed by atoms with E-state index in [1.54, 1.807) is 30.3 Å². The molecule has 6 nitrogen and oxygen atoms in total. The summed E-state index contributed by atoms with van der Waals surface area (Å²) in [6.07, 6.45) is -1.59. The van der Waals surface area contributed by atoms with E-state index in [2.05, 4.69) is 20.6 Å². The van der Waals surface area contributed by atoms with Crippen LogP contribution in [0.1, 0.15) is 5.56 Å². The Morgan fingerprint density at radius 2 is 1.70 bits per heavy atom. The minimum Gasteiger partial charge on any atom is -0.439 e. The van der Waals surface area contributed by atoms with Crippen molar-refractivity contribution in [2.24, 2.45) is 0 Å². The Labute approximate surface area is 152 Å². The number of nitrogens with one attached hydrogen (secondary N) is 2. The SMILES string of the molecule is O=C(Nc1ccc(Oc2ccncn2)cc1)Nc1cccc(C(F)(F)F)c1. The van der Waals surface area contributed by atoms with E-state index in [-0.39, 0.29) is 5.69 Å². The fraction of sp³-hybridized carbons (Fsp3) is 0.0556. The molecule has 0 atom stereocenters. The monoisotopic (exact) mass is 374 g/mol. The van der Waals surface area contributed by atoms with Gasteiger partial charge in [-0.2, -0.15) is 13.2 Å². The molecular formula is C18H13F3N4O2. The van der Waals surface area contributed by atoms with Gasteiger partial charge in [-0.05, 0) is 42.5 Å². The third-order valence-corrected chi connectivity index (χ3v) is 3.34. The van der Waals surface area contributed by atoms with Crippen molar-refractivity contribution in [3.05, 3.63) is 72.7 Å². The first kappa shape index (κ1) is 18.2. The first-order chi connectivity index (χ1) is 12.9. The fourth-order valence-corrected chi connectivity index (χ4v) is 2.13. The molecule has 0 saturated heterocycles. The van der Waals surface area contributed by atoms with Crippen LogP contribution in [0, 0.1) is 0 Å². The van der Waals surface area contributed by atoms with Gasteiger partial charge >= 0.3 is 12.2 Å². The number of alkyl halides is 3. The largest absolute Gasteiger partial charge is 0.439 e. The lowest BCUT2D eigenvalue weighted by molar-refractivity contribution is -0.137. The molecule has 27 heavy (non-hydrogen) atoms. The normalized spacial score (nSPS) is 10.9. The number of anilines is 2. The second-order valence-electron chi connectivity index (χ2n) is 5.33. The van der Waals surface area contributed by atoms with E-state index < -0.39 is 17.8 Å². The van der Waals surface area contributed by atoms with Crippen LogP contribution in [0.5, 0.6) is 11.6 Å². The van der Waals surface area contributed by atoms with E-state index in [1.165, 1.54) is 24.7 Å². The zero-order valence-electron chi connectivity index (χ0n) is 13.7. The van der Waals surface area contributed by atoms with Crippen molar-refractivity contribution in [1.29, 1.82) is 0 Å². The molecule has 0 unspecified atom stereocenters. The van der Waals surface area contributed by atoms with Gasteiger partial charge in [0.2, 0.25) is 5.88 Å². The summed E-state index contributed by atoms with van der Waals surface area (Å²) in [7, 11) is 0. The molecular weight excluding hydrogens is 361 g/mol. The maximum Gasteiger partial charge on any atom is 0.416 e. The number of nitrogens with zero attached hydrogens (tertiary/aromatic N) is 2. The van der Waals surface area contributed by atoms with Crippen LogP contribution < -0.4 is 15.4 Å². The summed E-state index contributed by atoms with van der Waals surface area (Å²) in [5.41, 5.74) is -0.368. The van der Waals surface area contributed by atoms with Gasteiger partial charge in [-0.1, -0.05) is 6.07 Å². The number of urea groups is 1. The van der Waals surface area contributed by atoms with Gasteiger partial charge in [0.1, 0.15) is 12.1 Å². The number of hydrogen-bond acceptors (Lipinski definition) is 4. The summed E-state index contributed by atoms with van der Waals surface area (Å²) in [5, 5.41) is 4.89. The van der Waals surface area contributed by atoms with E-state index in [0.717, 1.165) is 12.1 Å². The summed E-state index contributed by atoms with van der Waals surface area (Å²) in [6.45, 7) is 0. The van der Waals surface area contributed by atoms with E-state index in [4.69, 9.17) is 4.74 Å². The molecule has 0 aliphatic heterocycles. The Morgan fingerprint density at radius 3 is 2.37 bits per heavy atom. The highest BCUT2D eigenvalue weighted by atomic mass is 19.4. The zero-order valence-corrected chi connectivity index (χ0v) is 13.7. The molecule has 2 aromatic carbocycles. The standard InChI is InChI=1S/C18H13F3N4O2/c19-18(20,21)12-2-1-3-14(10-12)25-17(26)24-13-4-6-15(7-5-13)27-16-8-9-22-11-23-16/h1-11H,(H2,24,25,26). The third-order valence-electron chi connectivity index (χ3n) is 3.34. The highest BCUT2D eigenvalue weighted by molar-refractivity contribution is 5.99. The van der Waals surface area contributed by atoms with Gasteiger partial charge in [-0.3, -0.25) is 0 Å². The van der Waals surface area contributed by atoms with Crippen LogP contribution in [0.3, 0.4) is 0 Å². The second kappa shape index (κ2) is 7.73. The van der Waals surface area contributed by atoms with Crippen LogP contribution in [0.4, 0.5) is 29.3 Å². The predicted octanol–water partition coefficient (Wildman–Crippen LogP) is 4.93. The van der Waals surface area contributed by atoms with Crippen molar-refractivity contribution in [2.75, 3.05) is 10.6 Å². The molecule has 0 spiro atoms. The average molecular weight is 374 g/mol. The number of aromatic nitrogens is 2. The minimum absolute atomic E-state index is 0.0334. The van der Waals surface area contributed by atoms with Crippen LogP contribution >= 0.6 is 0 Å². The lowest BCUT2D eigenvalue weighted by Crippen LogP contribution is -2.19. The van der Waals surface area contributed by atoms with Crippen LogP contribution in [0.2, 0.25) is 0 Å². The van der Waals surface area contributed by atoms with E-state index in [9.17, 15) is 18.0 Å². The van der Waals surface area contributed by atoms with E-state index in [0.29, 0.717) is 17.3 Å². The summed E-state index contributed by atoms with van der Waals surface area (Å²) >= 11 is 0. The van der Waals surface area contributed by atoms with Crippen LogP contribution in [0.25, 0.3) is 0 Å². The van der Waals surface area contributed by atoms with Crippen molar-refractivity contribution in [2.45, 2.75) is 6.18 Å². The van der Waals surface area contributed by atoms with Crippen molar-refractivity contribution < 1.29 is 22.7 Å². The molecule has 138 valence electrons. The molecule has 1 heterocycles. The topological polar surface area (TPSA) is 76.1 Å². The molecule has 0 radical (unpaired) electrons. The minimum atomic E-state index is -4.48. The van der Waals surface area contributed by atoms with Crippen LogP contribution in [-0.2, 0) is 6.18 Å². The maximum absolute atomic E-state index is 12.7. The predicted molar refractivity (Wildman–Crippen MR) is 92.6 cm³/mol. The Morgan fingerprint density at radius 1 is 0.963 bits per heavy atom. The quantitative estimate of drug-likeness (QED) is 0.679. The van der Waals surface area contributed by atoms with E-state index in [1.807, 2.05) is 0 Å². The van der Waals surface area contributed by atoms with Gasteiger partial charge in [-0.15, -0.1) is 0 Å². The Balaban J connectivity index is 1.60. The summed E-state index contributed by atoms with van der Waals surface area (Å²) < 4.78 is 43.6. The molecule has 3 rings (SSSR count). The van der Waals surface area contributed by atoms with Crippen molar-refractivity contribution in [3.8, 4) is 11.6 Å². The smallest absolute Gasteiger partial charge is 0.416 e. The number of carbonyl (C=O) groups is 1. The van der Waals surface area contributed by atoms with Gasteiger partial charge in [0.15, 0.2) is 0 Å². The Hall–Kier alpha value is -3.62. The molecule has 0 aliphatic carbocycles. The van der Waals surface area contributed by atoms with Crippen molar-refractivity contribution in [1.82, 2.24) is 9.97 Å². The maximum atomic E-state index is 12.7. The van der Waals surface area contributed by atoms with Crippen LogP contribution in [-0.4, -0.2) is 16.0 Å². The van der Waals surface area contributed by atoms with Gasteiger partial charge in [-0.25, -0.2) is 14.8 Å². The molecule has 0 fully saturated rings. The molecule has 0 aliphatic rings. The Bertz CT molecular complexity index is 916. The molecule has 1 aromatic heterocycles. The summed E-state index contributed by atoms with van der Waals surface area (Å²) in [4.78, 5) is 19.7. The molecule has 9 heteroatoms.